The van der Waals surface area contributed by atoms with Gasteiger partial charge in [0.05, 0.1) is 12.8 Å². The molecular formula is C23H23N2O3+. The second kappa shape index (κ2) is 7.74. The lowest BCUT2D eigenvalue weighted by atomic mass is 10.1. The lowest BCUT2D eigenvalue weighted by Gasteiger charge is -2.14. The first-order valence-corrected chi connectivity index (χ1v) is 9.33. The number of hydrogen-bond acceptors (Lipinski definition) is 3. The van der Waals surface area contributed by atoms with E-state index < -0.39 is 0 Å². The maximum atomic E-state index is 12.7. The van der Waals surface area contributed by atoms with Gasteiger partial charge in [0.25, 0.3) is 5.91 Å². The van der Waals surface area contributed by atoms with Crippen LogP contribution in [0.3, 0.4) is 0 Å². The Bertz CT molecular complexity index is 1120. The number of nitrogens with one attached hydrogen (secondary N) is 1. The summed E-state index contributed by atoms with van der Waals surface area (Å²) in [6.45, 7) is 2.64. The van der Waals surface area contributed by atoms with E-state index in [1.54, 1.807) is 7.11 Å². The fourth-order valence-electron chi connectivity index (χ4n) is 3.30. The summed E-state index contributed by atoms with van der Waals surface area (Å²) in [6, 6.07) is 21.5. The van der Waals surface area contributed by atoms with Gasteiger partial charge in [-0.3, -0.25) is 4.79 Å². The van der Waals surface area contributed by atoms with E-state index in [9.17, 15) is 4.79 Å². The van der Waals surface area contributed by atoms with Crippen LogP contribution < -0.4 is 15.4 Å². The van der Waals surface area contributed by atoms with E-state index >= 15 is 0 Å². The topological polar surface area (TPSA) is 68.1 Å². The minimum atomic E-state index is -0.240. The lowest BCUT2D eigenvalue weighted by Crippen LogP contribution is -2.90. The van der Waals surface area contributed by atoms with Crippen LogP contribution in [0.2, 0.25) is 0 Å². The second-order valence-corrected chi connectivity index (χ2v) is 6.85. The number of nitrogens with two attached hydrogens (primary N) is 1. The Balaban J connectivity index is 1.54. The lowest BCUT2D eigenvalue weighted by molar-refractivity contribution is -0.688. The van der Waals surface area contributed by atoms with Crippen LogP contribution in [-0.4, -0.2) is 19.1 Å². The van der Waals surface area contributed by atoms with E-state index in [4.69, 9.17) is 9.15 Å². The predicted molar refractivity (Wildman–Crippen MR) is 110 cm³/mol. The molecule has 0 saturated heterocycles. The molecule has 0 bridgehead atoms. The maximum absolute atomic E-state index is 12.7. The monoisotopic (exact) mass is 375 g/mol. The number of carbonyl (C=O) groups is 1. The number of fused-ring (bicyclic) bond motifs is 3. The van der Waals surface area contributed by atoms with Gasteiger partial charge in [0.15, 0.2) is 6.04 Å². The van der Waals surface area contributed by atoms with Crippen molar-refractivity contribution in [2.24, 2.45) is 0 Å². The first-order chi connectivity index (χ1) is 13.7. The summed E-state index contributed by atoms with van der Waals surface area (Å²) in [5.74, 6) is 0.535. The van der Waals surface area contributed by atoms with Crippen molar-refractivity contribution in [2.45, 2.75) is 19.5 Å². The molecule has 0 spiro atoms. The highest BCUT2D eigenvalue weighted by molar-refractivity contribution is 6.08. The quantitative estimate of drug-likeness (QED) is 0.540. The molecule has 5 nitrogen and oxygen atoms in total. The number of amides is 1. The number of methoxy groups -OCH3 is 1. The van der Waals surface area contributed by atoms with Gasteiger partial charge in [-0.15, -0.1) is 0 Å². The average molecular weight is 375 g/mol. The molecule has 1 heterocycles. The molecule has 28 heavy (non-hydrogen) atoms. The van der Waals surface area contributed by atoms with Gasteiger partial charge in [-0.2, -0.15) is 0 Å². The van der Waals surface area contributed by atoms with Gasteiger partial charge in [0, 0.05) is 22.4 Å². The molecule has 3 N–H and O–H groups in total. The molecule has 0 saturated carbocycles. The number of para-hydroxylation sites is 1. The van der Waals surface area contributed by atoms with Crippen molar-refractivity contribution in [1.82, 2.24) is 0 Å². The Morgan fingerprint density at radius 2 is 1.79 bits per heavy atom. The van der Waals surface area contributed by atoms with Crippen molar-refractivity contribution in [3.05, 3.63) is 72.3 Å². The normalized spacial score (nSPS) is 12.2. The summed E-state index contributed by atoms with van der Waals surface area (Å²) in [7, 11) is 1.60. The van der Waals surface area contributed by atoms with Gasteiger partial charge in [-0.25, -0.2) is 0 Å². The van der Waals surface area contributed by atoms with Crippen molar-refractivity contribution in [2.75, 3.05) is 12.4 Å². The Hall–Kier alpha value is -3.31. The summed E-state index contributed by atoms with van der Waals surface area (Å²) in [6.07, 6.45) is 0. The summed E-state index contributed by atoms with van der Waals surface area (Å²) in [5, 5.41) is 6.98. The molecule has 0 fully saturated rings. The molecule has 3 aromatic carbocycles. The van der Waals surface area contributed by atoms with Crippen molar-refractivity contribution in [3.8, 4) is 5.75 Å². The van der Waals surface area contributed by atoms with Crippen molar-refractivity contribution in [3.63, 3.8) is 0 Å². The van der Waals surface area contributed by atoms with Gasteiger partial charge in [-0.1, -0.05) is 48.5 Å². The number of anilines is 1. The summed E-state index contributed by atoms with van der Waals surface area (Å²) >= 11 is 0. The molecular weight excluding hydrogens is 352 g/mol. The number of ether oxygens (including phenoxy) is 1. The Labute approximate surface area is 163 Å². The van der Waals surface area contributed by atoms with E-state index in [1.165, 1.54) is 5.56 Å². The van der Waals surface area contributed by atoms with Crippen LogP contribution in [0, 0.1) is 0 Å². The standard InChI is InChI=1S/C23H22N2O3/c1-15(24-14-16-8-4-3-5-9-16)23(26)25-19-13-21-18(12-22(19)27-2)17-10-6-7-11-20(17)28-21/h3-13,15,24H,14H2,1-2H3,(H,25,26)/p+1/t15-/m0/s1. The molecule has 1 atom stereocenters. The van der Waals surface area contributed by atoms with E-state index in [0.29, 0.717) is 11.4 Å². The molecule has 0 aliphatic heterocycles. The largest absolute Gasteiger partial charge is 0.495 e. The highest BCUT2D eigenvalue weighted by atomic mass is 16.5. The molecule has 0 aliphatic carbocycles. The van der Waals surface area contributed by atoms with Crippen LogP contribution in [0.15, 0.2) is 71.1 Å². The molecule has 1 amide bonds. The minimum absolute atomic E-state index is 0.0790. The molecule has 4 aromatic rings. The second-order valence-electron chi connectivity index (χ2n) is 6.85. The van der Waals surface area contributed by atoms with Crippen LogP contribution >= 0.6 is 0 Å². The first kappa shape index (κ1) is 18.1. The molecule has 1 aromatic heterocycles. The van der Waals surface area contributed by atoms with Gasteiger partial charge >= 0.3 is 0 Å². The zero-order valence-corrected chi connectivity index (χ0v) is 15.9. The zero-order valence-electron chi connectivity index (χ0n) is 15.9. The zero-order chi connectivity index (χ0) is 19.5. The van der Waals surface area contributed by atoms with Crippen molar-refractivity contribution >= 4 is 33.5 Å². The van der Waals surface area contributed by atoms with Crippen LogP contribution in [-0.2, 0) is 11.3 Å². The van der Waals surface area contributed by atoms with E-state index in [-0.39, 0.29) is 11.9 Å². The summed E-state index contributed by atoms with van der Waals surface area (Å²) in [5.41, 5.74) is 3.33. The Morgan fingerprint density at radius 1 is 1.04 bits per heavy atom. The molecule has 4 rings (SSSR count). The van der Waals surface area contributed by atoms with Gasteiger partial charge < -0.3 is 19.8 Å². The summed E-state index contributed by atoms with van der Waals surface area (Å²) < 4.78 is 11.4. The number of rotatable bonds is 6. The number of furan rings is 1. The van der Waals surface area contributed by atoms with Crippen LogP contribution in [0.25, 0.3) is 21.9 Å². The van der Waals surface area contributed by atoms with E-state index in [0.717, 1.165) is 28.5 Å². The number of hydrogen-bond donors (Lipinski definition) is 2. The summed E-state index contributed by atoms with van der Waals surface area (Å²) in [4.78, 5) is 12.7. The third-order valence-electron chi connectivity index (χ3n) is 4.92. The fraction of sp³-hybridized carbons (Fsp3) is 0.174. The minimum Gasteiger partial charge on any atom is -0.495 e. The number of benzene rings is 3. The highest BCUT2D eigenvalue weighted by Gasteiger charge is 2.19. The van der Waals surface area contributed by atoms with Gasteiger partial charge in [0.1, 0.15) is 23.5 Å². The van der Waals surface area contributed by atoms with Crippen LogP contribution in [0.4, 0.5) is 5.69 Å². The molecule has 142 valence electrons. The highest BCUT2D eigenvalue weighted by Crippen LogP contribution is 2.36. The number of quaternary nitrogens is 1. The SMILES string of the molecule is COc1cc2c(cc1NC(=O)[C@H](C)[NH2+]Cc1ccccc1)oc1ccccc12. The maximum Gasteiger partial charge on any atom is 0.282 e. The van der Waals surface area contributed by atoms with Crippen LogP contribution in [0.1, 0.15) is 12.5 Å². The van der Waals surface area contributed by atoms with Crippen molar-refractivity contribution < 1.29 is 19.3 Å². The third-order valence-corrected chi connectivity index (χ3v) is 4.92. The van der Waals surface area contributed by atoms with Gasteiger partial charge in [0.2, 0.25) is 0 Å². The Morgan fingerprint density at radius 3 is 2.57 bits per heavy atom. The third kappa shape index (κ3) is 3.57. The Kier molecular flexibility index (Phi) is 5.00. The first-order valence-electron chi connectivity index (χ1n) is 9.33. The van der Waals surface area contributed by atoms with Crippen molar-refractivity contribution in [1.29, 1.82) is 0 Å². The van der Waals surface area contributed by atoms with E-state index in [2.05, 4.69) is 17.4 Å². The van der Waals surface area contributed by atoms with E-state index in [1.807, 2.05) is 66.8 Å². The predicted octanol–water partition coefficient (Wildman–Crippen LogP) is 3.69. The molecule has 0 aliphatic rings. The molecule has 0 radical (unpaired) electrons. The van der Waals surface area contributed by atoms with Crippen LogP contribution in [0.5, 0.6) is 5.75 Å². The van der Waals surface area contributed by atoms with Gasteiger partial charge in [-0.05, 0) is 19.1 Å². The molecule has 5 heteroatoms. The molecule has 0 unspecified atom stereocenters. The average Bonchev–Trinajstić information content (AvgIpc) is 3.09. The smallest absolute Gasteiger partial charge is 0.282 e. The fourth-order valence-corrected chi connectivity index (χ4v) is 3.30. The number of carbonyl (C=O) groups excluding carboxylic acids is 1.